The van der Waals surface area contributed by atoms with Crippen LogP contribution in [-0.4, -0.2) is 114 Å². The zero-order chi connectivity index (χ0) is 5.41. The van der Waals surface area contributed by atoms with E-state index in [2.05, 4.69) is 17.7 Å². The van der Waals surface area contributed by atoms with E-state index in [0.29, 0.717) is 0 Å². The van der Waals surface area contributed by atoms with Gasteiger partial charge in [0.05, 0.1) is 0 Å². The Labute approximate surface area is 169 Å². The van der Waals surface area contributed by atoms with Gasteiger partial charge in [-0.3, -0.25) is 0 Å². The predicted molar refractivity (Wildman–Crippen MR) is 34.9 cm³/mol. The second-order valence-electron chi connectivity index (χ2n) is 0.175. The fourth-order valence-corrected chi connectivity index (χ4v) is 0. The fraction of sp³-hybridized carbons (Fsp3) is 0. The van der Waals surface area contributed by atoms with Crippen LogP contribution in [0.5, 0.6) is 0 Å². The third-order valence-corrected chi connectivity index (χ3v) is 0.0373. The van der Waals surface area contributed by atoms with Gasteiger partial charge in [0.15, 0.2) is 0 Å². The maximum absolute atomic E-state index is 8.58. The minimum Gasteiger partial charge on any atom is 0 e. The summed E-state index contributed by atoms with van der Waals surface area (Å²) >= 11 is 5.87. The third-order valence-electron chi connectivity index (χ3n) is 0.0373. The first kappa shape index (κ1) is 29.2. The topological polar surface area (TPSA) is 46.5 Å². The first-order valence-electron chi connectivity index (χ1n) is 0.705. The summed E-state index contributed by atoms with van der Waals surface area (Å²) in [5, 5.41) is 6.95. The average molecular weight is 393 g/mol. The molecule has 9 heavy (non-hydrogen) atoms. The van der Waals surface area contributed by atoms with E-state index in [9.17, 15) is 0 Å². The molecule has 0 rings (SSSR count). The summed E-state index contributed by atoms with van der Waals surface area (Å²) in [6, 6.07) is 0. The number of hydrogen-bond donors (Lipinski definition) is 1. The molecule has 0 aliphatic heterocycles. The SMILES string of the molecule is O=[C-]OO.[Cu+][I].[Cu].[K].[K]. The Hall–Kier alpha value is 4.47. The van der Waals surface area contributed by atoms with E-state index in [-0.39, 0.29) is 120 Å². The zero-order valence-corrected chi connectivity index (χ0v) is 15.0. The molecule has 0 atom stereocenters. The Morgan fingerprint density at radius 1 is 1.44 bits per heavy atom. The Bertz CT molecular complexity index is 33.8. The smallest absolute Gasteiger partial charge is 0 e. The van der Waals surface area contributed by atoms with Crippen LogP contribution in [0.4, 0.5) is 0 Å². The van der Waals surface area contributed by atoms with Gasteiger partial charge < -0.3 is 9.68 Å². The van der Waals surface area contributed by atoms with E-state index in [1.165, 1.54) is 0 Å². The molecule has 0 aromatic carbocycles. The summed E-state index contributed by atoms with van der Waals surface area (Å²) in [6.45, 7) is 0.736. The molecule has 0 amide bonds. The van der Waals surface area contributed by atoms with Gasteiger partial charge in [0.1, 0.15) is 0 Å². The summed E-state index contributed by atoms with van der Waals surface area (Å²) in [5.74, 6) is 0. The molecule has 0 bridgehead atoms. The Morgan fingerprint density at radius 2 is 1.56 bits per heavy atom. The van der Waals surface area contributed by atoms with Crippen LogP contribution in [0.2, 0.25) is 0 Å². The quantitative estimate of drug-likeness (QED) is 0.218. The van der Waals surface area contributed by atoms with Crippen molar-refractivity contribution in [1.29, 1.82) is 0 Å². The molecule has 8 heteroatoms. The molecule has 0 spiro atoms. The van der Waals surface area contributed by atoms with Gasteiger partial charge in [-0.1, -0.05) is 0 Å². The van der Waals surface area contributed by atoms with Gasteiger partial charge in [-0.05, 0) is 6.47 Å². The predicted octanol–water partition coefficient (Wildman–Crippen LogP) is -0.338. The average Bonchev–Trinajstić information content (AvgIpc) is 1.72. The van der Waals surface area contributed by atoms with Crippen LogP contribution in [0, 0.1) is 0 Å². The van der Waals surface area contributed by atoms with Gasteiger partial charge in [-0.2, -0.15) is 0 Å². The van der Waals surface area contributed by atoms with Crippen molar-refractivity contribution in [2.45, 2.75) is 0 Å². The van der Waals surface area contributed by atoms with Crippen LogP contribution in [0.25, 0.3) is 0 Å². The largest absolute Gasteiger partial charge is 0 e. The summed E-state index contributed by atoms with van der Waals surface area (Å²) in [6.07, 6.45) is 0. The number of halogens is 1. The van der Waals surface area contributed by atoms with Crippen LogP contribution >= 0.6 is 20.3 Å². The first-order chi connectivity index (χ1) is 2.91. The molecule has 1 N–H and O–H groups in total. The van der Waals surface area contributed by atoms with Gasteiger partial charge in [0, 0.05) is 120 Å². The van der Waals surface area contributed by atoms with Crippen molar-refractivity contribution in [3.63, 3.8) is 0 Å². The van der Waals surface area contributed by atoms with Crippen molar-refractivity contribution in [3.05, 3.63) is 0 Å². The molecule has 0 saturated carbocycles. The van der Waals surface area contributed by atoms with Crippen molar-refractivity contribution in [1.82, 2.24) is 0 Å². The molecule has 54 valence electrons. The summed E-state index contributed by atoms with van der Waals surface area (Å²) in [5.41, 5.74) is 0. The second-order valence-corrected chi connectivity index (χ2v) is 0.175. The number of rotatable bonds is 1. The van der Waals surface area contributed by atoms with Crippen molar-refractivity contribution in [2.75, 3.05) is 0 Å². The van der Waals surface area contributed by atoms with Crippen LogP contribution < -0.4 is 0 Å². The number of carbonyl (C=O) groups excluding carboxylic acids is 1. The minimum absolute atomic E-state index is 0. The van der Waals surface area contributed by atoms with Crippen LogP contribution in [0.15, 0.2) is 0 Å². The molecule has 0 aromatic rings. The van der Waals surface area contributed by atoms with Crippen LogP contribution in [0.3, 0.4) is 0 Å². The molecule has 0 unspecified atom stereocenters. The van der Waals surface area contributed by atoms with E-state index in [0.717, 1.165) is 6.47 Å². The van der Waals surface area contributed by atoms with Crippen molar-refractivity contribution in [2.24, 2.45) is 0 Å². The van der Waals surface area contributed by atoms with Crippen molar-refractivity contribution < 1.29 is 44.8 Å². The molecule has 0 fully saturated rings. The molecule has 0 aromatic heterocycles. The zero-order valence-electron chi connectivity index (χ0n) is 4.74. The summed E-state index contributed by atoms with van der Waals surface area (Å²) in [4.78, 5) is 11.3. The van der Waals surface area contributed by atoms with E-state index >= 15 is 0 Å². The van der Waals surface area contributed by atoms with Crippen LogP contribution in [-0.2, 0) is 39.5 Å². The van der Waals surface area contributed by atoms with E-state index in [1.807, 2.05) is 0 Å². The molecule has 0 heterocycles. The maximum Gasteiger partial charge on any atom is 0 e. The molecule has 3 radical (unpaired) electrons. The minimum atomic E-state index is 0. The Kier molecular flexibility index (Phi) is 127. The summed E-state index contributed by atoms with van der Waals surface area (Å²) in [7, 11) is 0. The third kappa shape index (κ3) is 45.7. The molecule has 0 saturated heterocycles. The van der Waals surface area contributed by atoms with Gasteiger partial charge in [0.2, 0.25) is 0 Å². The molecular weight excluding hydrogens is 392 g/mol. The standard InChI is InChI=1S/CHO3.2Cu.HI.2K/c2-1-4-3;;;;;/h3H;;;1H;;/q-1;;+2;;;/p-1. The number of hydrogen-bond acceptors (Lipinski definition) is 3. The second kappa shape index (κ2) is 39.2. The first-order valence-corrected chi connectivity index (χ1v) is 3.74. The fourth-order valence-electron chi connectivity index (χ4n) is 0. The molecule has 3 nitrogen and oxygen atoms in total. The van der Waals surface area contributed by atoms with E-state index in [1.54, 1.807) is 20.3 Å². The van der Waals surface area contributed by atoms with Gasteiger partial charge in [-0.15, -0.1) is 0 Å². The van der Waals surface area contributed by atoms with Gasteiger partial charge >= 0.3 is 33.1 Å². The van der Waals surface area contributed by atoms with Crippen molar-refractivity contribution >= 4 is 130 Å². The van der Waals surface area contributed by atoms with E-state index in [4.69, 9.17) is 10.1 Å². The normalized spacial score (nSPS) is 3.11. The Balaban J connectivity index is -0.00000000990. The van der Waals surface area contributed by atoms with Gasteiger partial charge in [-0.25, -0.2) is 5.26 Å². The maximum atomic E-state index is 8.58. The monoisotopic (exact) mass is 392 g/mol. The van der Waals surface area contributed by atoms with Crippen LogP contribution in [0.1, 0.15) is 0 Å². The van der Waals surface area contributed by atoms with E-state index < -0.39 is 0 Å². The molecule has 0 aliphatic rings. The molecule has 0 aliphatic carbocycles. The Morgan fingerprint density at radius 3 is 1.56 bits per heavy atom. The van der Waals surface area contributed by atoms with Crippen molar-refractivity contribution in [3.8, 4) is 0 Å². The van der Waals surface area contributed by atoms with Gasteiger partial charge in [0.25, 0.3) is 0 Å². The summed E-state index contributed by atoms with van der Waals surface area (Å²) < 4.78 is 0. The molecular formula is CHCu2IK2O3.